The first-order valence-corrected chi connectivity index (χ1v) is 7.19. The van der Waals surface area contributed by atoms with Crippen LogP contribution in [0, 0.1) is 0 Å². The van der Waals surface area contributed by atoms with Crippen LogP contribution in [0.15, 0.2) is 24.3 Å². The zero-order chi connectivity index (χ0) is 14.5. The Hall–Kier alpha value is -1.52. The number of nitrogens with zero attached hydrogens (tertiary/aromatic N) is 2. The van der Waals surface area contributed by atoms with Gasteiger partial charge in [0.25, 0.3) is 0 Å². The summed E-state index contributed by atoms with van der Waals surface area (Å²) in [6.07, 6.45) is 2.68. The molecule has 0 fully saturated rings. The number of hydrogen-bond acceptors (Lipinski definition) is 3. The number of halogens is 1. The normalized spacial score (nSPS) is 10.8. The van der Waals surface area contributed by atoms with Crippen molar-refractivity contribution >= 4 is 11.6 Å². The molecule has 0 spiro atoms. The van der Waals surface area contributed by atoms with Crippen molar-refractivity contribution in [2.75, 3.05) is 13.7 Å². The van der Waals surface area contributed by atoms with E-state index in [4.69, 9.17) is 22.1 Å². The van der Waals surface area contributed by atoms with Crippen LogP contribution in [0.3, 0.4) is 0 Å². The van der Waals surface area contributed by atoms with Crippen molar-refractivity contribution in [3.05, 3.63) is 40.5 Å². The van der Waals surface area contributed by atoms with Crippen molar-refractivity contribution < 1.29 is 4.74 Å². The summed E-state index contributed by atoms with van der Waals surface area (Å²) in [5.74, 6) is 0.789. The highest BCUT2D eigenvalue weighted by Gasteiger charge is 2.18. The molecule has 0 saturated heterocycles. The quantitative estimate of drug-likeness (QED) is 0.891. The van der Waals surface area contributed by atoms with Crippen LogP contribution < -0.4 is 10.5 Å². The molecule has 0 radical (unpaired) electrons. The zero-order valence-corrected chi connectivity index (χ0v) is 12.7. The molecule has 0 aliphatic rings. The first kappa shape index (κ1) is 14.9. The lowest BCUT2D eigenvalue weighted by atomic mass is 10.1. The summed E-state index contributed by atoms with van der Waals surface area (Å²) in [7, 11) is 1.68. The maximum atomic E-state index is 5.93. The summed E-state index contributed by atoms with van der Waals surface area (Å²) >= 11 is 5.93. The third-order valence-electron chi connectivity index (χ3n) is 3.25. The molecule has 0 bridgehead atoms. The number of ether oxygens (including phenoxy) is 1. The van der Waals surface area contributed by atoms with Gasteiger partial charge in [-0.3, -0.25) is 0 Å². The highest BCUT2D eigenvalue weighted by molar-refractivity contribution is 6.30. The van der Waals surface area contributed by atoms with E-state index < -0.39 is 0 Å². The second kappa shape index (κ2) is 6.77. The Morgan fingerprint density at radius 1 is 1.30 bits per heavy atom. The maximum absolute atomic E-state index is 5.93. The summed E-state index contributed by atoms with van der Waals surface area (Å²) in [4.78, 5) is 0. The van der Waals surface area contributed by atoms with Crippen LogP contribution >= 0.6 is 11.6 Å². The number of methoxy groups -OCH3 is 1. The monoisotopic (exact) mass is 293 g/mol. The maximum Gasteiger partial charge on any atom is 0.219 e. The van der Waals surface area contributed by atoms with Crippen molar-refractivity contribution in [3.8, 4) is 11.6 Å². The third-order valence-corrected chi connectivity index (χ3v) is 3.50. The molecular formula is C15H20ClN3O. The Morgan fingerprint density at radius 3 is 2.55 bits per heavy atom. The number of nitrogens with two attached hydrogens (primary N) is 1. The van der Waals surface area contributed by atoms with E-state index in [0.717, 1.165) is 42.1 Å². The van der Waals surface area contributed by atoms with E-state index in [0.29, 0.717) is 11.6 Å². The van der Waals surface area contributed by atoms with Crippen LogP contribution in [-0.2, 0) is 12.8 Å². The highest BCUT2D eigenvalue weighted by atomic mass is 35.5. The Labute approximate surface area is 124 Å². The molecular weight excluding hydrogens is 274 g/mol. The second-order valence-corrected chi connectivity index (χ2v) is 5.00. The average Bonchev–Trinajstić information content (AvgIpc) is 2.83. The van der Waals surface area contributed by atoms with E-state index in [1.807, 2.05) is 28.9 Å². The lowest BCUT2D eigenvalue weighted by molar-refractivity contribution is 0.379. The fourth-order valence-corrected chi connectivity index (χ4v) is 2.38. The summed E-state index contributed by atoms with van der Waals surface area (Å²) < 4.78 is 7.40. The molecule has 1 heterocycles. The Kier molecular flexibility index (Phi) is 5.04. The molecule has 0 saturated carbocycles. The van der Waals surface area contributed by atoms with Crippen molar-refractivity contribution in [1.29, 1.82) is 0 Å². The molecule has 0 amide bonds. The van der Waals surface area contributed by atoms with Gasteiger partial charge >= 0.3 is 0 Å². The number of hydrogen-bond donors (Lipinski definition) is 1. The number of aryl methyl sites for hydroxylation is 1. The molecule has 0 unspecified atom stereocenters. The molecule has 0 aliphatic heterocycles. The van der Waals surface area contributed by atoms with Gasteiger partial charge in [-0.2, -0.15) is 5.10 Å². The third kappa shape index (κ3) is 2.97. The Balaban J connectivity index is 2.47. The van der Waals surface area contributed by atoms with E-state index in [1.54, 1.807) is 7.11 Å². The first-order valence-electron chi connectivity index (χ1n) is 6.82. The van der Waals surface area contributed by atoms with Gasteiger partial charge in [-0.25, -0.2) is 4.68 Å². The minimum atomic E-state index is 0.665. The molecule has 108 valence electrons. The summed E-state index contributed by atoms with van der Waals surface area (Å²) in [6.45, 7) is 2.76. The molecule has 4 nitrogen and oxygen atoms in total. The number of aromatic nitrogens is 2. The fraction of sp³-hybridized carbons (Fsp3) is 0.400. The van der Waals surface area contributed by atoms with E-state index in [1.165, 1.54) is 0 Å². The van der Waals surface area contributed by atoms with Crippen LogP contribution in [-0.4, -0.2) is 23.4 Å². The topological polar surface area (TPSA) is 53.1 Å². The smallest absolute Gasteiger partial charge is 0.219 e. The molecule has 0 aliphatic carbocycles. The minimum Gasteiger partial charge on any atom is -0.481 e. The molecule has 0 atom stereocenters. The van der Waals surface area contributed by atoms with Crippen LogP contribution in [0.2, 0.25) is 5.02 Å². The van der Waals surface area contributed by atoms with Gasteiger partial charge < -0.3 is 10.5 Å². The predicted octanol–water partition coefficient (Wildman–Crippen LogP) is 2.99. The molecule has 2 N–H and O–H groups in total. The molecule has 2 aromatic rings. The molecule has 2 rings (SSSR count). The van der Waals surface area contributed by atoms with Gasteiger partial charge in [0.2, 0.25) is 5.88 Å². The fourth-order valence-electron chi connectivity index (χ4n) is 2.26. The lowest BCUT2D eigenvalue weighted by Crippen LogP contribution is -2.03. The molecule has 20 heavy (non-hydrogen) atoms. The van der Waals surface area contributed by atoms with Crippen molar-refractivity contribution in [2.45, 2.75) is 26.2 Å². The van der Waals surface area contributed by atoms with E-state index in [-0.39, 0.29) is 0 Å². The standard InChI is InChI=1S/C15H20ClN3O/c1-3-14-13(5-4-10-17)15(20-2)19(18-14)12-8-6-11(16)7-9-12/h6-9H,3-5,10,17H2,1-2H3. The molecule has 1 aromatic carbocycles. The van der Waals surface area contributed by atoms with Crippen LogP contribution in [0.1, 0.15) is 24.6 Å². The highest BCUT2D eigenvalue weighted by Crippen LogP contribution is 2.28. The van der Waals surface area contributed by atoms with Gasteiger partial charge in [0.15, 0.2) is 0 Å². The van der Waals surface area contributed by atoms with Crippen molar-refractivity contribution in [3.63, 3.8) is 0 Å². The number of rotatable bonds is 6. The largest absolute Gasteiger partial charge is 0.481 e. The van der Waals surface area contributed by atoms with Crippen LogP contribution in [0.25, 0.3) is 5.69 Å². The van der Waals surface area contributed by atoms with Gasteiger partial charge in [-0.05, 0) is 50.1 Å². The molecule has 5 heteroatoms. The van der Waals surface area contributed by atoms with Gasteiger partial charge in [-0.1, -0.05) is 18.5 Å². The van der Waals surface area contributed by atoms with Crippen LogP contribution in [0.4, 0.5) is 0 Å². The summed E-state index contributed by atoms with van der Waals surface area (Å²) in [5, 5.41) is 5.37. The van der Waals surface area contributed by atoms with E-state index in [9.17, 15) is 0 Å². The zero-order valence-electron chi connectivity index (χ0n) is 11.9. The SMILES string of the molecule is CCc1nn(-c2ccc(Cl)cc2)c(OC)c1CCCN. The first-order chi connectivity index (χ1) is 9.71. The summed E-state index contributed by atoms with van der Waals surface area (Å²) in [5.41, 5.74) is 8.76. The van der Waals surface area contributed by atoms with Gasteiger partial charge in [0, 0.05) is 10.6 Å². The van der Waals surface area contributed by atoms with Crippen molar-refractivity contribution in [2.24, 2.45) is 5.73 Å². The average molecular weight is 294 g/mol. The second-order valence-electron chi connectivity index (χ2n) is 4.57. The summed E-state index contributed by atoms with van der Waals surface area (Å²) in [6, 6.07) is 7.57. The van der Waals surface area contributed by atoms with Crippen LogP contribution in [0.5, 0.6) is 5.88 Å². The van der Waals surface area contributed by atoms with Crippen molar-refractivity contribution in [1.82, 2.24) is 9.78 Å². The Bertz CT molecular complexity index is 563. The van der Waals surface area contributed by atoms with Gasteiger partial charge in [0.05, 0.1) is 18.5 Å². The van der Waals surface area contributed by atoms with Gasteiger partial charge in [-0.15, -0.1) is 0 Å². The molecule has 1 aromatic heterocycles. The predicted molar refractivity (Wildman–Crippen MR) is 81.9 cm³/mol. The van der Waals surface area contributed by atoms with E-state index in [2.05, 4.69) is 12.0 Å². The van der Waals surface area contributed by atoms with Gasteiger partial charge in [0.1, 0.15) is 0 Å². The minimum absolute atomic E-state index is 0.665. The number of benzene rings is 1. The Morgan fingerprint density at radius 2 is 2.00 bits per heavy atom. The van der Waals surface area contributed by atoms with E-state index >= 15 is 0 Å². The lowest BCUT2D eigenvalue weighted by Gasteiger charge is -2.08.